The Kier molecular flexibility index (Phi) is 7.30. The van der Waals surface area contributed by atoms with Crippen LogP contribution in [0.15, 0.2) is 36.4 Å². The van der Waals surface area contributed by atoms with E-state index in [-0.39, 0.29) is 0 Å². The van der Waals surface area contributed by atoms with Crippen molar-refractivity contribution >= 4 is 45.7 Å². The molecule has 128 valence electrons. The molecule has 5 heteroatoms. The fourth-order valence-electron chi connectivity index (χ4n) is 2.34. The quantitative estimate of drug-likeness (QED) is 0.462. The molecule has 0 aromatic heterocycles. The molecule has 0 bridgehead atoms. The molecular weight excluding hydrogens is 433 g/mol. The number of halogens is 1. The third kappa shape index (κ3) is 5.08. The van der Waals surface area contributed by atoms with E-state index < -0.39 is 0 Å². The predicted octanol–water partition coefficient (Wildman–Crippen LogP) is 5.47. The van der Waals surface area contributed by atoms with Gasteiger partial charge in [-0.15, -0.1) is 0 Å². The van der Waals surface area contributed by atoms with Crippen LogP contribution in [0.2, 0.25) is 0 Å². The molecule has 0 amide bonds. The van der Waals surface area contributed by atoms with Crippen molar-refractivity contribution in [1.82, 2.24) is 0 Å². The number of aryl methyl sites for hydroxylation is 2. The molecule has 24 heavy (non-hydrogen) atoms. The molecule has 0 radical (unpaired) electrons. The first kappa shape index (κ1) is 19.0. The first-order valence-electron chi connectivity index (χ1n) is 7.98. The van der Waals surface area contributed by atoms with Gasteiger partial charge in [-0.3, -0.25) is 0 Å². The van der Waals surface area contributed by atoms with E-state index in [0.29, 0.717) is 18.4 Å². The van der Waals surface area contributed by atoms with E-state index in [2.05, 4.69) is 60.0 Å². The number of hydrogen-bond donors (Lipinski definition) is 1. The van der Waals surface area contributed by atoms with Gasteiger partial charge in [0.15, 0.2) is 0 Å². The first-order valence-corrected chi connectivity index (χ1v) is 9.47. The fourth-order valence-corrected chi connectivity index (χ4v) is 3.22. The second-order valence-corrected chi connectivity index (χ2v) is 6.89. The highest BCUT2D eigenvalue weighted by Crippen LogP contribution is 2.26. The van der Waals surface area contributed by atoms with Crippen LogP contribution in [0.3, 0.4) is 0 Å². The smallest absolute Gasteiger partial charge is 0.261 e. The lowest BCUT2D eigenvalue weighted by Gasteiger charge is -2.16. The monoisotopic (exact) mass is 455 g/mol. The molecule has 2 aromatic rings. The maximum atomic E-state index is 6.06. The van der Waals surface area contributed by atoms with Gasteiger partial charge in [0.05, 0.1) is 6.61 Å². The summed E-state index contributed by atoms with van der Waals surface area (Å²) >= 11 is 7.50. The summed E-state index contributed by atoms with van der Waals surface area (Å²) in [6.45, 7) is 7.16. The fraction of sp³-hybridized carbons (Fsp3) is 0.316. The van der Waals surface area contributed by atoms with Crippen molar-refractivity contribution in [3.8, 4) is 5.75 Å². The summed E-state index contributed by atoms with van der Waals surface area (Å²) in [6.07, 6.45) is 1.03. The molecule has 1 N–H and O–H groups in total. The Morgan fingerprint density at radius 1 is 1.21 bits per heavy atom. The second-order valence-electron chi connectivity index (χ2n) is 5.35. The normalized spacial score (nSPS) is 10.3. The molecule has 0 saturated heterocycles. The van der Waals surface area contributed by atoms with Gasteiger partial charge in [-0.1, -0.05) is 25.1 Å². The van der Waals surface area contributed by atoms with Crippen LogP contribution in [0, 0.1) is 10.5 Å². The molecule has 0 aliphatic carbocycles. The Morgan fingerprint density at radius 2 is 2.00 bits per heavy atom. The molecule has 0 saturated carbocycles. The molecule has 0 spiro atoms. The molecular formula is C19H22INO2S. The van der Waals surface area contributed by atoms with Gasteiger partial charge in [0.1, 0.15) is 12.4 Å². The third-order valence-corrected chi connectivity index (χ3v) is 4.88. The second kappa shape index (κ2) is 9.22. The summed E-state index contributed by atoms with van der Waals surface area (Å²) in [5, 5.41) is 3.52. The Morgan fingerprint density at radius 3 is 2.67 bits per heavy atom. The van der Waals surface area contributed by atoms with Gasteiger partial charge >= 0.3 is 0 Å². The average molecular weight is 455 g/mol. The van der Waals surface area contributed by atoms with Crippen molar-refractivity contribution in [2.75, 3.05) is 11.9 Å². The maximum absolute atomic E-state index is 6.06. The minimum Gasteiger partial charge on any atom is -0.489 e. The van der Waals surface area contributed by atoms with E-state index in [1.807, 2.05) is 25.1 Å². The topological polar surface area (TPSA) is 30.5 Å². The zero-order valence-corrected chi connectivity index (χ0v) is 17.2. The summed E-state index contributed by atoms with van der Waals surface area (Å²) in [5.41, 5.74) is 4.46. The number of ether oxygens (including phenoxy) is 2. The minimum absolute atomic E-state index is 0.379. The number of anilines is 1. The van der Waals surface area contributed by atoms with Crippen molar-refractivity contribution in [2.24, 2.45) is 0 Å². The van der Waals surface area contributed by atoms with E-state index in [0.717, 1.165) is 32.6 Å². The van der Waals surface area contributed by atoms with Gasteiger partial charge in [0.25, 0.3) is 5.17 Å². The van der Waals surface area contributed by atoms with Gasteiger partial charge in [-0.2, -0.15) is 0 Å². The maximum Gasteiger partial charge on any atom is 0.261 e. The van der Waals surface area contributed by atoms with Gasteiger partial charge in [0.2, 0.25) is 0 Å². The summed E-state index contributed by atoms with van der Waals surface area (Å²) in [5.74, 6) is 0.908. The van der Waals surface area contributed by atoms with Crippen molar-refractivity contribution < 1.29 is 9.47 Å². The lowest BCUT2D eigenvalue weighted by atomic mass is 10.1. The highest BCUT2D eigenvalue weighted by molar-refractivity contribution is 14.1. The van der Waals surface area contributed by atoms with E-state index in [9.17, 15) is 0 Å². The Hall–Kier alpha value is -1.34. The standard InChI is InChI=1S/C19H22INO2S/c1-4-14-9-10-18(13(3)11-14)23-12-15-16(20)7-6-8-17(15)21-19(24)22-5-2/h6-11H,4-5,12H2,1-3H3,(H,21,24). The number of hydrogen-bond acceptors (Lipinski definition) is 3. The number of rotatable bonds is 6. The SMILES string of the molecule is CCOC(=S)Nc1cccc(I)c1COc1ccc(CC)cc1C. The van der Waals surface area contributed by atoms with Gasteiger partial charge in [-0.05, 0) is 84.4 Å². The number of thiocarbonyl (C=S) groups is 1. The molecule has 0 fully saturated rings. The first-order chi connectivity index (χ1) is 11.5. The van der Waals surface area contributed by atoms with Crippen molar-refractivity contribution in [2.45, 2.75) is 33.8 Å². The van der Waals surface area contributed by atoms with Crippen molar-refractivity contribution in [3.05, 3.63) is 56.7 Å². The molecule has 2 aromatic carbocycles. The number of nitrogens with one attached hydrogen (secondary N) is 1. The Labute approximate surface area is 162 Å². The highest BCUT2D eigenvalue weighted by atomic mass is 127. The molecule has 0 aliphatic rings. The molecule has 0 aliphatic heterocycles. The van der Waals surface area contributed by atoms with Crippen LogP contribution >= 0.6 is 34.8 Å². The van der Waals surface area contributed by atoms with E-state index in [1.165, 1.54) is 5.56 Å². The van der Waals surface area contributed by atoms with Crippen LogP contribution < -0.4 is 10.1 Å². The average Bonchev–Trinajstić information content (AvgIpc) is 2.55. The van der Waals surface area contributed by atoms with E-state index in [1.54, 1.807) is 0 Å². The third-order valence-electron chi connectivity index (χ3n) is 3.65. The van der Waals surface area contributed by atoms with Gasteiger partial charge in [-0.25, -0.2) is 0 Å². The van der Waals surface area contributed by atoms with Crippen LogP contribution in [-0.4, -0.2) is 11.8 Å². The minimum atomic E-state index is 0.379. The highest BCUT2D eigenvalue weighted by Gasteiger charge is 2.10. The molecule has 0 atom stereocenters. The summed E-state index contributed by atoms with van der Waals surface area (Å²) in [7, 11) is 0. The van der Waals surface area contributed by atoms with Gasteiger partial charge < -0.3 is 14.8 Å². The van der Waals surface area contributed by atoms with Crippen molar-refractivity contribution in [1.29, 1.82) is 0 Å². The predicted molar refractivity (Wildman–Crippen MR) is 112 cm³/mol. The molecule has 2 rings (SSSR count). The lowest BCUT2D eigenvalue weighted by molar-refractivity contribution is 0.303. The largest absolute Gasteiger partial charge is 0.489 e. The van der Waals surface area contributed by atoms with Crippen LogP contribution in [0.4, 0.5) is 5.69 Å². The van der Waals surface area contributed by atoms with Crippen LogP contribution in [0.5, 0.6) is 5.75 Å². The zero-order chi connectivity index (χ0) is 17.5. The van der Waals surface area contributed by atoms with Crippen LogP contribution in [0.1, 0.15) is 30.5 Å². The summed E-state index contributed by atoms with van der Waals surface area (Å²) in [6, 6.07) is 12.4. The van der Waals surface area contributed by atoms with E-state index in [4.69, 9.17) is 21.7 Å². The number of benzene rings is 2. The van der Waals surface area contributed by atoms with E-state index >= 15 is 0 Å². The summed E-state index contributed by atoms with van der Waals surface area (Å²) in [4.78, 5) is 0. The van der Waals surface area contributed by atoms with Crippen LogP contribution in [0.25, 0.3) is 0 Å². The lowest BCUT2D eigenvalue weighted by Crippen LogP contribution is -2.15. The summed E-state index contributed by atoms with van der Waals surface area (Å²) < 4.78 is 12.5. The Balaban J connectivity index is 2.16. The molecule has 3 nitrogen and oxygen atoms in total. The molecule has 0 unspecified atom stereocenters. The molecule has 0 heterocycles. The van der Waals surface area contributed by atoms with Crippen LogP contribution in [-0.2, 0) is 17.8 Å². The zero-order valence-electron chi connectivity index (χ0n) is 14.2. The Bertz CT molecular complexity index is 719. The van der Waals surface area contributed by atoms with Crippen molar-refractivity contribution in [3.63, 3.8) is 0 Å². The van der Waals surface area contributed by atoms with Gasteiger partial charge in [0, 0.05) is 14.8 Å².